The lowest BCUT2D eigenvalue weighted by Crippen LogP contribution is -2.03. The summed E-state index contributed by atoms with van der Waals surface area (Å²) in [5, 5.41) is 42.2. The van der Waals surface area contributed by atoms with Gasteiger partial charge in [0.05, 0.1) is 26.7 Å². The molecule has 0 heterocycles. The maximum atomic E-state index is 11.1. The summed E-state index contributed by atoms with van der Waals surface area (Å²) in [6.07, 6.45) is 0. The summed E-state index contributed by atoms with van der Waals surface area (Å²) in [7, 11) is 0. The summed E-state index contributed by atoms with van der Waals surface area (Å²) < 4.78 is 0. The summed E-state index contributed by atoms with van der Waals surface area (Å²) in [5.74, 6) is -2.11. The monoisotopic (exact) mass is 620 g/mol. The molecule has 15 heteroatoms. The number of nitro groups is 2. The van der Waals surface area contributed by atoms with Crippen LogP contribution in [0, 0.1) is 20.2 Å². The molecule has 0 unspecified atom stereocenters. The largest absolute Gasteiger partial charge is 0.478 e. The summed E-state index contributed by atoms with van der Waals surface area (Å²) in [6, 6.07) is 20.7. The van der Waals surface area contributed by atoms with Crippen molar-refractivity contribution in [1.29, 1.82) is 0 Å². The van der Waals surface area contributed by atoms with Crippen LogP contribution in [0.15, 0.2) is 84.9 Å². The molecule has 0 aliphatic carbocycles. The van der Waals surface area contributed by atoms with Crippen molar-refractivity contribution < 1.29 is 29.6 Å². The second-order valence-corrected chi connectivity index (χ2v) is 8.92. The zero-order valence-corrected chi connectivity index (χ0v) is 22.8. The maximum Gasteiger partial charge on any atom is 0.337 e. The molecular weight excluding hydrogens is 603 g/mol. The minimum absolute atomic E-state index is 0.0248. The molecule has 0 fully saturated rings. The van der Waals surface area contributed by atoms with Gasteiger partial charge in [-0.05, 0) is 48.5 Å². The van der Waals surface area contributed by atoms with E-state index in [0.717, 1.165) is 0 Å². The lowest BCUT2D eigenvalue weighted by Gasteiger charge is -2.09. The molecule has 12 nitrogen and oxygen atoms in total. The van der Waals surface area contributed by atoms with E-state index < -0.39 is 21.8 Å². The van der Waals surface area contributed by atoms with E-state index >= 15 is 0 Å². The molecule has 0 spiro atoms. The number of aromatic carboxylic acids is 2. The van der Waals surface area contributed by atoms with Gasteiger partial charge in [-0.15, -0.1) is 0 Å². The number of carboxylic acid groups (broad SMARTS) is 2. The molecule has 0 amide bonds. The van der Waals surface area contributed by atoms with Crippen LogP contribution < -0.4 is 11.1 Å². The molecule has 4 aromatic rings. The highest BCUT2D eigenvalue weighted by atomic mass is 35.5. The first kappa shape index (κ1) is 32.3. The number of rotatable bonds is 6. The SMILES string of the molecule is Nc1ccccc1C(=O)O.O=C(O)c1ccccc1Nc1ccc(Cl)cc1[N+](=O)[O-].O=[N+]([O-])c1cc(Cl)ccc1Cl. The van der Waals surface area contributed by atoms with E-state index in [2.05, 4.69) is 5.32 Å². The van der Waals surface area contributed by atoms with Crippen molar-refractivity contribution in [2.75, 3.05) is 11.1 Å². The number of nitrogen functional groups attached to an aromatic ring is 1. The summed E-state index contributed by atoms with van der Waals surface area (Å²) >= 11 is 16.7. The molecule has 4 rings (SSSR count). The standard InChI is InChI=1S/C13H9ClN2O4.C7H7NO2.C6H3Cl2NO2/c14-8-5-6-11(12(7-8)16(19)20)15-10-4-2-1-3-9(10)13(17)18;8-6-4-2-1-3-5(6)7(9)10;7-4-1-2-5(8)6(3-4)9(10)11/h1-7,15H,(H,17,18);1-4H,8H2,(H,9,10);1-3H. The van der Waals surface area contributed by atoms with Crippen molar-refractivity contribution in [2.45, 2.75) is 0 Å². The highest BCUT2D eigenvalue weighted by Gasteiger charge is 2.17. The Morgan fingerprint density at radius 3 is 1.66 bits per heavy atom. The first-order valence-corrected chi connectivity index (χ1v) is 12.2. The van der Waals surface area contributed by atoms with Gasteiger partial charge < -0.3 is 21.3 Å². The minimum Gasteiger partial charge on any atom is -0.478 e. The number of hydrogen-bond acceptors (Lipinski definition) is 8. The van der Waals surface area contributed by atoms with Crippen LogP contribution in [-0.4, -0.2) is 32.0 Å². The topological polar surface area (TPSA) is 199 Å². The van der Waals surface area contributed by atoms with E-state index in [4.69, 9.17) is 50.7 Å². The third-order valence-electron chi connectivity index (χ3n) is 4.88. The third-order valence-corrected chi connectivity index (χ3v) is 5.67. The number of para-hydroxylation sites is 2. The molecule has 0 aliphatic rings. The van der Waals surface area contributed by atoms with Gasteiger partial charge in [0.15, 0.2) is 0 Å². The molecular formula is C26H19Cl3N4O8. The number of carboxylic acids is 2. The van der Waals surface area contributed by atoms with Crippen LogP contribution in [0.3, 0.4) is 0 Å². The van der Waals surface area contributed by atoms with Gasteiger partial charge in [-0.2, -0.15) is 0 Å². The molecule has 0 radical (unpaired) electrons. The smallest absolute Gasteiger partial charge is 0.337 e. The molecule has 0 atom stereocenters. The van der Waals surface area contributed by atoms with Crippen LogP contribution in [0.4, 0.5) is 28.4 Å². The van der Waals surface area contributed by atoms with E-state index in [-0.39, 0.29) is 43.9 Å². The van der Waals surface area contributed by atoms with Gasteiger partial charge in [-0.25, -0.2) is 9.59 Å². The molecule has 0 aliphatic heterocycles. The number of carbonyl (C=O) groups is 2. The average Bonchev–Trinajstić information content (AvgIpc) is 2.92. The molecule has 0 bridgehead atoms. The minimum atomic E-state index is -1.12. The van der Waals surface area contributed by atoms with E-state index in [1.165, 1.54) is 54.6 Å². The van der Waals surface area contributed by atoms with Gasteiger partial charge in [0, 0.05) is 27.9 Å². The second-order valence-electron chi connectivity index (χ2n) is 7.64. The molecule has 0 saturated carbocycles. The molecule has 0 saturated heterocycles. The highest BCUT2D eigenvalue weighted by Crippen LogP contribution is 2.31. The predicted molar refractivity (Wildman–Crippen MR) is 156 cm³/mol. The number of benzene rings is 4. The van der Waals surface area contributed by atoms with Crippen molar-refractivity contribution in [3.05, 3.63) is 131 Å². The predicted octanol–water partition coefficient (Wildman–Crippen LogP) is 7.56. The Kier molecular flexibility index (Phi) is 11.8. The molecule has 5 N–H and O–H groups in total. The Bertz CT molecular complexity index is 1600. The third kappa shape index (κ3) is 9.65. The quantitative estimate of drug-likeness (QED) is 0.0946. The molecule has 0 aromatic heterocycles. The van der Waals surface area contributed by atoms with E-state index in [0.29, 0.717) is 10.7 Å². The van der Waals surface area contributed by atoms with Crippen LogP contribution in [0.5, 0.6) is 0 Å². The van der Waals surface area contributed by atoms with Crippen molar-refractivity contribution in [2.24, 2.45) is 0 Å². The fourth-order valence-electron chi connectivity index (χ4n) is 3.00. The number of anilines is 3. The Balaban J connectivity index is 0.000000236. The lowest BCUT2D eigenvalue weighted by molar-refractivity contribution is -0.384. The van der Waals surface area contributed by atoms with Gasteiger partial charge >= 0.3 is 11.9 Å². The van der Waals surface area contributed by atoms with Crippen LogP contribution in [0.25, 0.3) is 0 Å². The fraction of sp³-hybridized carbons (Fsp3) is 0. The summed E-state index contributed by atoms with van der Waals surface area (Å²) in [4.78, 5) is 41.5. The Hall–Kier alpha value is -4.91. The van der Waals surface area contributed by atoms with Crippen molar-refractivity contribution in [3.8, 4) is 0 Å². The number of nitrogens with zero attached hydrogens (tertiary/aromatic N) is 2. The van der Waals surface area contributed by atoms with Crippen molar-refractivity contribution >= 4 is 75.2 Å². The Morgan fingerprint density at radius 1 is 0.683 bits per heavy atom. The second kappa shape index (κ2) is 15.0. The highest BCUT2D eigenvalue weighted by molar-refractivity contribution is 6.34. The molecule has 4 aromatic carbocycles. The zero-order valence-electron chi connectivity index (χ0n) is 20.5. The Morgan fingerprint density at radius 2 is 1.17 bits per heavy atom. The van der Waals surface area contributed by atoms with E-state index in [1.54, 1.807) is 30.3 Å². The fourth-order valence-corrected chi connectivity index (χ4v) is 3.52. The van der Waals surface area contributed by atoms with Gasteiger partial charge in [-0.1, -0.05) is 59.1 Å². The number of nitrogens with one attached hydrogen (secondary N) is 1. The summed E-state index contributed by atoms with van der Waals surface area (Å²) in [6.45, 7) is 0. The van der Waals surface area contributed by atoms with Gasteiger partial charge in [-0.3, -0.25) is 20.2 Å². The van der Waals surface area contributed by atoms with Gasteiger partial charge in [0.1, 0.15) is 10.7 Å². The first-order valence-electron chi connectivity index (χ1n) is 11.0. The van der Waals surface area contributed by atoms with E-state index in [1.807, 2.05) is 0 Å². The van der Waals surface area contributed by atoms with Gasteiger partial charge in [0.2, 0.25) is 0 Å². The number of nitro benzene ring substituents is 2. The number of halogens is 3. The van der Waals surface area contributed by atoms with E-state index in [9.17, 15) is 29.8 Å². The normalized spacial score (nSPS) is 9.73. The van der Waals surface area contributed by atoms with Crippen LogP contribution in [-0.2, 0) is 0 Å². The number of nitrogens with two attached hydrogens (primary N) is 1. The molecule has 41 heavy (non-hydrogen) atoms. The average molecular weight is 622 g/mol. The van der Waals surface area contributed by atoms with Crippen LogP contribution in [0.1, 0.15) is 20.7 Å². The van der Waals surface area contributed by atoms with Crippen molar-refractivity contribution in [3.63, 3.8) is 0 Å². The first-order chi connectivity index (χ1) is 19.3. The summed E-state index contributed by atoms with van der Waals surface area (Å²) in [5.41, 5.74) is 5.87. The van der Waals surface area contributed by atoms with Gasteiger partial charge in [0.25, 0.3) is 11.4 Å². The Labute approximate surface area is 246 Å². The van der Waals surface area contributed by atoms with Crippen molar-refractivity contribution in [1.82, 2.24) is 0 Å². The lowest BCUT2D eigenvalue weighted by atomic mass is 10.1. The zero-order chi connectivity index (χ0) is 30.7. The maximum absolute atomic E-state index is 11.1. The number of hydrogen-bond donors (Lipinski definition) is 4. The molecule has 212 valence electrons. The van der Waals surface area contributed by atoms with Crippen LogP contribution in [0.2, 0.25) is 15.1 Å². The van der Waals surface area contributed by atoms with Crippen LogP contribution >= 0.6 is 34.8 Å².